The topological polar surface area (TPSA) is 59.5 Å². The molecule has 0 amide bonds. The highest BCUT2D eigenvalue weighted by molar-refractivity contribution is 5.88. The summed E-state index contributed by atoms with van der Waals surface area (Å²) in [6.45, 7) is 9.98. The predicted molar refractivity (Wildman–Crippen MR) is 102 cm³/mol. The highest BCUT2D eigenvalue weighted by Crippen LogP contribution is 2.37. The maximum absolute atomic E-state index is 13.1. The maximum atomic E-state index is 13.1. The van der Waals surface area contributed by atoms with Gasteiger partial charge in [-0.1, -0.05) is 29.8 Å². The number of fused-ring (bicyclic) bond motifs is 1. The molecule has 3 rings (SSSR count). The number of alkyl halides is 3. The zero-order valence-corrected chi connectivity index (χ0v) is 15.8. The molecule has 1 heterocycles. The summed E-state index contributed by atoms with van der Waals surface area (Å²) in [5.74, 6) is -0.642. The van der Waals surface area contributed by atoms with E-state index in [1.165, 1.54) is 17.7 Å². The van der Waals surface area contributed by atoms with E-state index in [-0.39, 0.29) is 12.1 Å². The molecule has 0 aliphatic carbocycles. The number of aryl methyl sites for hydroxylation is 1. The average Bonchev–Trinajstić information content (AvgIpc) is 3.01. The summed E-state index contributed by atoms with van der Waals surface area (Å²) in [6.07, 6.45) is -3.39. The van der Waals surface area contributed by atoms with Crippen molar-refractivity contribution in [3.05, 3.63) is 70.7 Å². The molecule has 29 heavy (non-hydrogen) atoms. The fourth-order valence-electron chi connectivity index (χ4n) is 3.07. The van der Waals surface area contributed by atoms with Crippen LogP contribution in [-0.2, 0) is 23.9 Å². The number of rotatable bonds is 5. The first-order valence-electron chi connectivity index (χ1n) is 8.77. The molecular weight excluding hydrogens is 383 g/mol. The molecule has 0 radical (unpaired) electrons. The van der Waals surface area contributed by atoms with Gasteiger partial charge in [0.25, 0.3) is 0 Å². The summed E-state index contributed by atoms with van der Waals surface area (Å²) >= 11 is 0. The molecule has 0 bridgehead atoms. The number of carbonyl (C=O) groups is 1. The average molecular weight is 401 g/mol. The zero-order valence-electron chi connectivity index (χ0n) is 15.8. The minimum absolute atomic E-state index is 0.0799. The number of hydrogen-bond donors (Lipinski definition) is 1. The Balaban J connectivity index is 1.81. The predicted octanol–water partition coefficient (Wildman–Crippen LogP) is 4.48. The van der Waals surface area contributed by atoms with Crippen LogP contribution in [0.2, 0.25) is 0 Å². The lowest BCUT2D eigenvalue weighted by Gasteiger charge is -2.22. The highest BCUT2D eigenvalue weighted by atomic mass is 19.4. The van der Waals surface area contributed by atoms with Crippen LogP contribution in [0.15, 0.2) is 42.6 Å². The van der Waals surface area contributed by atoms with Crippen LogP contribution in [0.3, 0.4) is 0 Å². The fraction of sp³-hybridized carbons (Fsp3) is 0.286. The summed E-state index contributed by atoms with van der Waals surface area (Å²) in [5, 5.41) is 15.8. The summed E-state index contributed by atoms with van der Waals surface area (Å²) in [7, 11) is 0. The molecule has 1 atom stereocenters. The second-order valence-corrected chi connectivity index (χ2v) is 7.22. The Morgan fingerprint density at radius 2 is 1.97 bits per heavy atom. The van der Waals surface area contributed by atoms with Gasteiger partial charge in [0.05, 0.1) is 24.2 Å². The van der Waals surface area contributed by atoms with Crippen molar-refractivity contribution in [3.63, 3.8) is 0 Å². The van der Waals surface area contributed by atoms with E-state index in [0.29, 0.717) is 5.52 Å². The number of benzene rings is 2. The maximum Gasteiger partial charge on any atom is 0.407 e. The number of ketones is 1. The second kappa shape index (κ2) is 7.33. The fourth-order valence-corrected chi connectivity index (χ4v) is 3.07. The van der Waals surface area contributed by atoms with Gasteiger partial charge in [0.2, 0.25) is 0 Å². The van der Waals surface area contributed by atoms with Crippen molar-refractivity contribution in [1.82, 2.24) is 9.78 Å². The van der Waals surface area contributed by atoms with Crippen LogP contribution in [0.5, 0.6) is 0 Å². The summed E-state index contributed by atoms with van der Waals surface area (Å²) in [6, 6.07) is 8.76. The first-order chi connectivity index (χ1) is 13.5. The number of Topliss-reactive ketones (excluding diaryl/α,β-unsaturated/α-hetero) is 1. The lowest BCUT2D eigenvalue weighted by Crippen LogP contribution is -2.40. The summed E-state index contributed by atoms with van der Waals surface area (Å²) in [4.78, 5) is 15.5. The van der Waals surface area contributed by atoms with Gasteiger partial charge >= 0.3 is 6.18 Å². The zero-order chi connectivity index (χ0) is 21.4. The largest absolute Gasteiger partial charge is 0.407 e. The van der Waals surface area contributed by atoms with Gasteiger partial charge in [-0.05, 0) is 31.5 Å². The van der Waals surface area contributed by atoms with Crippen molar-refractivity contribution in [3.8, 4) is 0 Å². The molecule has 0 saturated carbocycles. The van der Waals surface area contributed by atoms with Crippen LogP contribution < -0.4 is 0 Å². The normalized spacial score (nSPS) is 13.8. The Bertz CT molecular complexity index is 1120. The van der Waals surface area contributed by atoms with E-state index in [4.69, 9.17) is 6.57 Å². The van der Waals surface area contributed by atoms with Gasteiger partial charge in [0, 0.05) is 18.0 Å². The second-order valence-electron chi connectivity index (χ2n) is 7.22. The standard InChI is InChI=1S/C21H18F3N3O2/c1-13-4-6-17-15(8-13)11-27(26-17)12-20(2,29)19(28)10-14-5-7-18(25-3)16(9-14)21(22,23)24/h4-9,11,29H,10,12H2,1-2H3/t20-/m0/s1. The van der Waals surface area contributed by atoms with E-state index in [0.717, 1.165) is 23.1 Å². The smallest absolute Gasteiger partial charge is 0.380 e. The van der Waals surface area contributed by atoms with Gasteiger partial charge in [0.15, 0.2) is 11.5 Å². The van der Waals surface area contributed by atoms with Gasteiger partial charge in [-0.25, -0.2) is 4.85 Å². The number of halogens is 3. The van der Waals surface area contributed by atoms with Gasteiger partial charge in [-0.15, -0.1) is 0 Å². The van der Waals surface area contributed by atoms with Crippen LogP contribution in [0, 0.1) is 13.5 Å². The van der Waals surface area contributed by atoms with E-state index in [9.17, 15) is 23.1 Å². The molecule has 5 nitrogen and oxygen atoms in total. The number of nitrogens with zero attached hydrogens (tertiary/aromatic N) is 3. The third-order valence-electron chi connectivity index (χ3n) is 4.63. The Morgan fingerprint density at radius 3 is 2.62 bits per heavy atom. The molecular formula is C21H18F3N3O2. The van der Waals surface area contributed by atoms with Gasteiger partial charge in [-0.3, -0.25) is 9.48 Å². The number of aliphatic hydroxyl groups is 1. The van der Waals surface area contributed by atoms with E-state index in [1.54, 1.807) is 6.20 Å². The van der Waals surface area contributed by atoms with E-state index < -0.39 is 35.2 Å². The molecule has 1 aromatic heterocycles. The molecule has 150 valence electrons. The lowest BCUT2D eigenvalue weighted by atomic mass is 9.94. The van der Waals surface area contributed by atoms with E-state index in [1.807, 2.05) is 25.1 Å². The lowest BCUT2D eigenvalue weighted by molar-refractivity contribution is -0.138. The first-order valence-corrected chi connectivity index (χ1v) is 8.77. The van der Waals surface area contributed by atoms with Crippen LogP contribution in [0.1, 0.15) is 23.6 Å². The minimum Gasteiger partial charge on any atom is -0.380 e. The molecule has 0 spiro atoms. The van der Waals surface area contributed by atoms with Crippen molar-refractivity contribution in [1.29, 1.82) is 0 Å². The Hall–Kier alpha value is -3.18. The van der Waals surface area contributed by atoms with Crippen molar-refractivity contribution in [2.45, 2.75) is 38.6 Å². The van der Waals surface area contributed by atoms with Gasteiger partial charge in [-0.2, -0.15) is 18.3 Å². The monoisotopic (exact) mass is 401 g/mol. The molecule has 0 saturated heterocycles. The number of carbonyl (C=O) groups excluding carboxylic acids is 1. The van der Waals surface area contributed by atoms with Crippen molar-refractivity contribution < 1.29 is 23.1 Å². The molecule has 3 aromatic rings. The van der Waals surface area contributed by atoms with Crippen LogP contribution >= 0.6 is 0 Å². The van der Waals surface area contributed by atoms with Crippen molar-refractivity contribution in [2.75, 3.05) is 0 Å². The van der Waals surface area contributed by atoms with E-state index in [2.05, 4.69) is 9.94 Å². The Morgan fingerprint density at radius 1 is 1.24 bits per heavy atom. The van der Waals surface area contributed by atoms with Crippen LogP contribution in [-0.4, -0.2) is 26.3 Å². The molecule has 0 fully saturated rings. The molecule has 2 aromatic carbocycles. The number of hydrogen-bond acceptors (Lipinski definition) is 3. The van der Waals surface area contributed by atoms with E-state index >= 15 is 0 Å². The summed E-state index contributed by atoms with van der Waals surface area (Å²) < 4.78 is 40.8. The SMILES string of the molecule is [C-]#[N+]c1ccc(CC(=O)[C@@](C)(O)Cn2cc3cc(C)ccc3n2)cc1C(F)(F)F. The molecule has 0 aliphatic rings. The molecule has 1 N–H and O–H groups in total. The molecule has 0 unspecified atom stereocenters. The third kappa shape index (κ3) is 4.46. The van der Waals surface area contributed by atoms with Gasteiger partial charge in [0.1, 0.15) is 5.60 Å². The Labute approximate surface area is 165 Å². The van der Waals surface area contributed by atoms with Crippen molar-refractivity contribution in [2.24, 2.45) is 0 Å². The first kappa shape index (κ1) is 20.6. The molecule has 8 heteroatoms. The third-order valence-corrected chi connectivity index (χ3v) is 4.63. The minimum atomic E-state index is -4.70. The highest BCUT2D eigenvalue weighted by Gasteiger charge is 2.35. The van der Waals surface area contributed by atoms with Gasteiger partial charge < -0.3 is 5.11 Å². The molecule has 0 aliphatic heterocycles. The quantitative estimate of drug-likeness (QED) is 0.642. The number of aromatic nitrogens is 2. The Kier molecular flexibility index (Phi) is 5.20. The van der Waals surface area contributed by atoms with Crippen LogP contribution in [0.25, 0.3) is 15.7 Å². The summed E-state index contributed by atoms with van der Waals surface area (Å²) in [5.41, 5.74) is -1.61. The van der Waals surface area contributed by atoms with Crippen molar-refractivity contribution >= 4 is 22.4 Å². The van der Waals surface area contributed by atoms with Crippen LogP contribution in [0.4, 0.5) is 18.9 Å².